The quantitative estimate of drug-likeness (QED) is 0.0885. The van der Waals surface area contributed by atoms with Gasteiger partial charge in [0.05, 0.1) is 0 Å². The molecule has 0 aliphatic heterocycles. The summed E-state index contributed by atoms with van der Waals surface area (Å²) in [6.45, 7) is 9.48. The molecule has 0 nitrogen and oxygen atoms in total. The van der Waals surface area contributed by atoms with Crippen LogP contribution in [0.3, 0.4) is 0 Å². The third-order valence-corrected chi connectivity index (χ3v) is 13.9. The second-order valence-corrected chi connectivity index (χ2v) is 17.1. The maximum absolute atomic E-state index is 2.37. The van der Waals surface area contributed by atoms with Gasteiger partial charge in [-0.3, -0.25) is 0 Å². The molecule has 0 heterocycles. The van der Waals surface area contributed by atoms with E-state index in [0.29, 0.717) is 0 Å². The predicted molar refractivity (Wildman–Crippen MR) is 188 cm³/mol. The van der Waals surface area contributed by atoms with Crippen molar-refractivity contribution < 1.29 is 17.1 Å². The molecule has 0 spiro atoms. The first-order valence-electron chi connectivity index (χ1n) is 14.6. The SMILES string of the molecule is CC(C)([c-]1cccc1)P(c1ccccc1)c1ccccc1.CC(C)([c-]1cccc1)P(c1ccccc1)c1ccccc1.[Fe]. The molecule has 43 heavy (non-hydrogen) atoms. The first-order chi connectivity index (χ1) is 20.4. The van der Waals surface area contributed by atoms with Crippen LogP contribution >= 0.6 is 15.8 Å². The number of rotatable bonds is 8. The first-order valence-corrected chi connectivity index (χ1v) is 17.3. The van der Waals surface area contributed by atoms with Crippen LogP contribution in [0.4, 0.5) is 0 Å². The van der Waals surface area contributed by atoms with Crippen molar-refractivity contribution in [2.75, 3.05) is 0 Å². The fourth-order valence-corrected chi connectivity index (χ4v) is 11.6. The Labute approximate surface area is 271 Å². The molecule has 220 valence electrons. The molecule has 0 saturated heterocycles. The van der Waals surface area contributed by atoms with Crippen molar-refractivity contribution in [3.63, 3.8) is 0 Å². The van der Waals surface area contributed by atoms with E-state index in [9.17, 15) is 0 Å². The van der Waals surface area contributed by atoms with Crippen molar-refractivity contribution in [3.05, 3.63) is 181 Å². The van der Waals surface area contributed by atoms with Crippen LogP contribution in [0, 0.1) is 0 Å². The molecule has 0 N–H and O–H groups in total. The van der Waals surface area contributed by atoms with E-state index in [4.69, 9.17) is 0 Å². The van der Waals surface area contributed by atoms with Gasteiger partial charge in [0.25, 0.3) is 0 Å². The minimum absolute atomic E-state index is 0. The van der Waals surface area contributed by atoms with Gasteiger partial charge in [-0.25, -0.2) is 24.3 Å². The van der Waals surface area contributed by atoms with Crippen LogP contribution in [0.25, 0.3) is 0 Å². The van der Waals surface area contributed by atoms with E-state index in [-0.39, 0.29) is 27.4 Å². The van der Waals surface area contributed by atoms with E-state index in [0.717, 1.165) is 0 Å². The van der Waals surface area contributed by atoms with E-state index < -0.39 is 15.8 Å². The Bertz CT molecular complexity index is 1390. The summed E-state index contributed by atoms with van der Waals surface area (Å²) in [6.07, 6.45) is 0. The van der Waals surface area contributed by atoms with Gasteiger partial charge < -0.3 is 0 Å². The van der Waals surface area contributed by atoms with Gasteiger partial charge in [0, 0.05) is 17.1 Å². The average Bonchev–Trinajstić information content (AvgIpc) is 3.76. The van der Waals surface area contributed by atoms with Gasteiger partial charge in [-0.2, -0.15) is 24.3 Å². The third-order valence-electron chi connectivity index (χ3n) is 7.91. The zero-order valence-electron chi connectivity index (χ0n) is 25.4. The average molecular weight is 639 g/mol. The molecule has 6 rings (SSSR count). The maximum Gasteiger partial charge on any atom is 0 e. The smallest absolute Gasteiger partial charge is 0 e. The summed E-state index contributed by atoms with van der Waals surface area (Å²) in [5.41, 5.74) is 2.84. The van der Waals surface area contributed by atoms with Crippen molar-refractivity contribution in [1.82, 2.24) is 0 Å². The van der Waals surface area contributed by atoms with Crippen LogP contribution in [0.2, 0.25) is 0 Å². The summed E-state index contributed by atoms with van der Waals surface area (Å²) in [5.74, 6) is 0. The van der Waals surface area contributed by atoms with Crippen molar-refractivity contribution in [2.24, 2.45) is 0 Å². The molecule has 0 radical (unpaired) electrons. The van der Waals surface area contributed by atoms with Gasteiger partial charge in [0.1, 0.15) is 0 Å². The number of hydrogen-bond acceptors (Lipinski definition) is 0. The summed E-state index contributed by atoms with van der Waals surface area (Å²) in [6, 6.07) is 61.3. The molecule has 0 aliphatic rings. The van der Waals surface area contributed by atoms with Gasteiger partial charge in [-0.05, 0) is 47.4 Å². The molecule has 6 aromatic carbocycles. The summed E-state index contributed by atoms with van der Waals surface area (Å²) in [4.78, 5) is 0. The van der Waals surface area contributed by atoms with E-state index >= 15 is 0 Å². The molecule has 0 saturated carbocycles. The van der Waals surface area contributed by atoms with Gasteiger partial charge in [0.15, 0.2) is 0 Å². The molecule has 0 bridgehead atoms. The Morgan fingerprint density at radius 2 is 0.558 bits per heavy atom. The predicted octanol–water partition coefficient (Wildman–Crippen LogP) is 9.54. The van der Waals surface area contributed by atoms with Crippen LogP contribution in [0.5, 0.6) is 0 Å². The summed E-state index contributed by atoms with van der Waals surface area (Å²) in [7, 11) is -0.889. The van der Waals surface area contributed by atoms with Crippen LogP contribution in [-0.4, -0.2) is 0 Å². The van der Waals surface area contributed by atoms with Gasteiger partial charge >= 0.3 is 0 Å². The number of benzene rings is 4. The molecule has 0 atom stereocenters. The molecule has 0 aromatic heterocycles. The Hall–Kier alpha value is -3.04. The maximum atomic E-state index is 2.37. The Morgan fingerprint density at radius 3 is 0.767 bits per heavy atom. The largest absolute Gasteiger partial charge is 0.213 e. The van der Waals surface area contributed by atoms with Gasteiger partial charge in [0.2, 0.25) is 0 Å². The van der Waals surface area contributed by atoms with Gasteiger partial charge in [-0.1, -0.05) is 149 Å². The van der Waals surface area contributed by atoms with E-state index in [1.165, 1.54) is 32.3 Å². The Kier molecular flexibility index (Phi) is 11.5. The molecule has 0 fully saturated rings. The molecule has 0 amide bonds. The minimum atomic E-state index is -0.445. The van der Waals surface area contributed by atoms with Crippen molar-refractivity contribution in [2.45, 2.75) is 38.0 Å². The van der Waals surface area contributed by atoms with E-state index in [2.05, 4.69) is 198 Å². The topological polar surface area (TPSA) is 0 Å². The van der Waals surface area contributed by atoms with Crippen molar-refractivity contribution in [1.29, 1.82) is 0 Å². The van der Waals surface area contributed by atoms with Gasteiger partial charge in [-0.15, -0.1) is 11.1 Å². The third kappa shape index (κ3) is 7.73. The van der Waals surface area contributed by atoms with Crippen molar-refractivity contribution >= 4 is 37.1 Å². The Balaban J connectivity index is 0.000000192. The summed E-state index contributed by atoms with van der Waals surface area (Å²) >= 11 is 0. The van der Waals surface area contributed by atoms with E-state index in [1.807, 2.05) is 0 Å². The Morgan fingerprint density at radius 1 is 0.349 bits per heavy atom. The second-order valence-electron chi connectivity index (χ2n) is 11.5. The van der Waals surface area contributed by atoms with Crippen LogP contribution in [-0.2, 0) is 27.4 Å². The molecule has 0 unspecified atom stereocenters. The standard InChI is InChI=1S/2C20H20P.Fe/c2*1-20(2,17-11-9-10-12-17)21(18-13-5-3-6-14-18)19-15-7-4-8-16-19;/h2*3-16H,1-2H3;/q2*-1;. The first kappa shape index (κ1) is 32.9. The monoisotopic (exact) mass is 638 g/mol. The second kappa shape index (κ2) is 15.1. The van der Waals surface area contributed by atoms with Crippen LogP contribution < -0.4 is 21.2 Å². The molecule has 3 heteroatoms. The summed E-state index contributed by atoms with van der Waals surface area (Å²) < 4.78 is 0. The zero-order chi connectivity index (χ0) is 29.4. The summed E-state index contributed by atoms with van der Waals surface area (Å²) in [5, 5.41) is 5.97. The van der Waals surface area contributed by atoms with E-state index in [1.54, 1.807) is 0 Å². The zero-order valence-corrected chi connectivity index (χ0v) is 28.3. The fraction of sp³-hybridized carbons (Fsp3) is 0.150. The fourth-order valence-electron chi connectivity index (χ4n) is 5.72. The van der Waals surface area contributed by atoms with Crippen LogP contribution in [0.1, 0.15) is 38.8 Å². The van der Waals surface area contributed by atoms with Crippen LogP contribution in [0.15, 0.2) is 170 Å². The van der Waals surface area contributed by atoms with Crippen molar-refractivity contribution in [3.8, 4) is 0 Å². The molecule has 0 aliphatic carbocycles. The minimum Gasteiger partial charge on any atom is -0.213 e. The molecular formula is C40H40FeP2-2. The number of hydrogen-bond donors (Lipinski definition) is 0. The molecule has 6 aromatic rings. The molecular weight excluding hydrogens is 598 g/mol. The normalized spacial score (nSPS) is 11.5.